The molecule has 0 bridgehead atoms. The van der Waals surface area contributed by atoms with Gasteiger partial charge < -0.3 is 0 Å². The Morgan fingerprint density at radius 2 is 0.732 bits per heavy atom. The lowest BCUT2D eigenvalue weighted by Gasteiger charge is -2.13. The van der Waals surface area contributed by atoms with Crippen molar-refractivity contribution in [2.45, 2.75) is 0 Å². The summed E-state index contributed by atoms with van der Waals surface area (Å²) in [4.78, 5) is 24.3. The van der Waals surface area contributed by atoms with Crippen LogP contribution in [0.25, 0.3) is 108 Å². The fraction of sp³-hybridized carbons (Fsp3) is 0. The van der Waals surface area contributed by atoms with Crippen molar-refractivity contribution in [2.24, 2.45) is 0 Å². The average molecular weight is 752 g/mol. The number of fused-ring (bicyclic) bond motifs is 6. The van der Waals surface area contributed by atoms with E-state index in [0.717, 1.165) is 33.4 Å². The third-order valence-corrected chi connectivity index (χ3v) is 12.7. The van der Waals surface area contributed by atoms with Crippen LogP contribution in [0, 0.1) is 0 Å². The molecule has 0 amide bonds. The minimum Gasteiger partial charge on any atom is -0.237 e. The zero-order chi connectivity index (χ0) is 37.0. The predicted octanol–water partition coefficient (Wildman–Crippen LogP) is 13.4. The van der Waals surface area contributed by atoms with E-state index in [1.165, 1.54) is 51.5 Å². The monoisotopic (exact) mass is 751 g/mol. The number of nitrogens with zero attached hydrogens (tertiary/aromatic N) is 5. The maximum atomic E-state index is 5.22. The van der Waals surface area contributed by atoms with E-state index in [9.17, 15) is 0 Å². The van der Waals surface area contributed by atoms with Crippen LogP contribution >= 0.6 is 22.7 Å². The second kappa shape index (κ2) is 13.4. The first-order chi connectivity index (χ1) is 27.7. The van der Waals surface area contributed by atoms with E-state index in [1.807, 2.05) is 83.3 Å². The van der Waals surface area contributed by atoms with E-state index in [-0.39, 0.29) is 0 Å². The third-order valence-electron chi connectivity index (χ3n) is 10.3. The lowest BCUT2D eigenvalue weighted by molar-refractivity contribution is 1.07. The van der Waals surface area contributed by atoms with Crippen molar-refractivity contribution in [3.05, 3.63) is 176 Å². The van der Waals surface area contributed by atoms with Crippen LogP contribution in [0.3, 0.4) is 0 Å². The molecule has 0 radical (unpaired) electrons. The Hall–Kier alpha value is -6.93. The molecule has 5 nitrogen and oxygen atoms in total. The van der Waals surface area contributed by atoms with Crippen molar-refractivity contribution < 1.29 is 0 Å². The normalized spacial score (nSPS) is 11.6. The Kier molecular flexibility index (Phi) is 7.79. The molecule has 7 heteroatoms. The van der Waals surface area contributed by atoms with E-state index in [4.69, 9.17) is 15.0 Å². The van der Waals surface area contributed by atoms with E-state index < -0.39 is 0 Å². The molecule has 0 saturated heterocycles. The Bertz CT molecular complexity index is 3110. The topological polar surface area (TPSA) is 64.5 Å². The van der Waals surface area contributed by atoms with Crippen LogP contribution in [0.15, 0.2) is 176 Å². The highest BCUT2D eigenvalue weighted by molar-refractivity contribution is 7.26. The minimum atomic E-state index is 0.597. The van der Waals surface area contributed by atoms with Gasteiger partial charge in [0.1, 0.15) is 0 Å². The molecule has 0 aliphatic carbocycles. The molecule has 7 aromatic carbocycles. The molecule has 0 fully saturated rings. The van der Waals surface area contributed by atoms with Gasteiger partial charge in [-0.15, -0.1) is 22.7 Å². The molecule has 0 N–H and O–H groups in total. The van der Waals surface area contributed by atoms with E-state index >= 15 is 0 Å². The molecule has 4 aromatic heterocycles. The summed E-state index contributed by atoms with van der Waals surface area (Å²) in [5.41, 5.74) is 8.25. The largest absolute Gasteiger partial charge is 0.237 e. The van der Waals surface area contributed by atoms with Crippen molar-refractivity contribution in [2.75, 3.05) is 0 Å². The lowest BCUT2D eigenvalue weighted by Crippen LogP contribution is -2.00. The van der Waals surface area contributed by atoms with Gasteiger partial charge in [-0.25, -0.2) is 24.9 Å². The van der Waals surface area contributed by atoms with Gasteiger partial charge >= 0.3 is 0 Å². The smallest absolute Gasteiger partial charge is 0.164 e. The summed E-state index contributed by atoms with van der Waals surface area (Å²) in [6.45, 7) is 0. The van der Waals surface area contributed by atoms with Crippen molar-refractivity contribution in [1.82, 2.24) is 24.9 Å². The number of thiophene rings is 2. The standard InChI is InChI=1S/C49H29N5S2/c1-2-11-30(12-3-1)47-52-48(32-23-21-31(22-24-32)46-50-25-10-26-51-46)54-49(53-47)35-28-33(36-15-8-17-40-38-13-4-6-19-42(38)55-44(36)40)27-34(29-35)37-16-9-18-41-39-14-5-7-20-43(39)56-45(37)41/h1-29H. The highest BCUT2D eigenvalue weighted by Gasteiger charge is 2.19. The number of hydrogen-bond donors (Lipinski definition) is 0. The zero-order valence-electron chi connectivity index (χ0n) is 29.8. The molecular weight excluding hydrogens is 723 g/mol. The molecule has 0 aliphatic rings. The summed E-state index contributed by atoms with van der Waals surface area (Å²) in [7, 11) is 0. The van der Waals surface area contributed by atoms with Gasteiger partial charge in [-0.3, -0.25) is 0 Å². The molecule has 0 aliphatic heterocycles. The van der Waals surface area contributed by atoms with Crippen molar-refractivity contribution in [1.29, 1.82) is 0 Å². The summed E-state index contributed by atoms with van der Waals surface area (Å²) in [5.74, 6) is 2.50. The number of rotatable bonds is 6. The number of aromatic nitrogens is 5. The molecule has 0 atom stereocenters. The Labute approximate surface area is 330 Å². The van der Waals surface area contributed by atoms with Crippen molar-refractivity contribution in [3.63, 3.8) is 0 Å². The van der Waals surface area contributed by atoms with Crippen LogP contribution in [0.5, 0.6) is 0 Å². The quantitative estimate of drug-likeness (QED) is 0.169. The third kappa shape index (κ3) is 5.64. The molecular formula is C49H29N5S2. The van der Waals surface area contributed by atoms with Crippen LogP contribution < -0.4 is 0 Å². The minimum absolute atomic E-state index is 0.597. The first-order valence-electron chi connectivity index (χ1n) is 18.4. The van der Waals surface area contributed by atoms with Gasteiger partial charge in [0.2, 0.25) is 0 Å². The molecule has 262 valence electrons. The van der Waals surface area contributed by atoms with E-state index in [2.05, 4.69) is 113 Å². The van der Waals surface area contributed by atoms with Crippen LogP contribution in [-0.2, 0) is 0 Å². The average Bonchev–Trinajstić information content (AvgIpc) is 3.86. The van der Waals surface area contributed by atoms with Crippen LogP contribution in [0.1, 0.15) is 0 Å². The SMILES string of the molecule is c1ccc(-c2nc(-c3ccc(-c4ncccn4)cc3)nc(-c3cc(-c4cccc5c4sc4ccccc45)cc(-c4cccc5c4sc4ccccc45)c3)n2)cc1. The van der Waals surface area contributed by atoms with Gasteiger partial charge in [0.05, 0.1) is 0 Å². The van der Waals surface area contributed by atoms with Crippen LogP contribution in [0.4, 0.5) is 0 Å². The summed E-state index contributed by atoms with van der Waals surface area (Å²) < 4.78 is 5.09. The highest BCUT2D eigenvalue weighted by atomic mass is 32.1. The van der Waals surface area contributed by atoms with Gasteiger partial charge in [0, 0.05) is 75.0 Å². The summed E-state index contributed by atoms with van der Waals surface area (Å²) in [5, 5.41) is 5.08. The maximum absolute atomic E-state index is 5.22. The molecule has 0 saturated carbocycles. The number of hydrogen-bond acceptors (Lipinski definition) is 7. The molecule has 11 rings (SSSR count). The maximum Gasteiger partial charge on any atom is 0.164 e. The fourth-order valence-electron chi connectivity index (χ4n) is 7.58. The first kappa shape index (κ1) is 32.5. The van der Waals surface area contributed by atoms with E-state index in [1.54, 1.807) is 12.4 Å². The zero-order valence-corrected chi connectivity index (χ0v) is 31.4. The predicted molar refractivity (Wildman–Crippen MR) is 234 cm³/mol. The van der Waals surface area contributed by atoms with Gasteiger partial charge in [-0.2, -0.15) is 0 Å². The second-order valence-corrected chi connectivity index (χ2v) is 15.8. The highest BCUT2D eigenvalue weighted by Crippen LogP contribution is 2.44. The van der Waals surface area contributed by atoms with Crippen molar-refractivity contribution >= 4 is 63.0 Å². The number of benzene rings is 7. The van der Waals surface area contributed by atoms with Gasteiger partial charge in [0.15, 0.2) is 23.3 Å². The van der Waals surface area contributed by atoms with Gasteiger partial charge in [0.25, 0.3) is 0 Å². The van der Waals surface area contributed by atoms with Crippen LogP contribution in [-0.4, -0.2) is 24.9 Å². The van der Waals surface area contributed by atoms with Crippen molar-refractivity contribution in [3.8, 4) is 67.8 Å². The summed E-state index contributed by atoms with van der Waals surface area (Å²) >= 11 is 3.69. The van der Waals surface area contributed by atoms with E-state index in [0.29, 0.717) is 23.3 Å². The first-order valence-corrected chi connectivity index (χ1v) is 20.0. The summed E-state index contributed by atoms with van der Waals surface area (Å²) in [6, 6.07) is 57.6. The lowest BCUT2D eigenvalue weighted by atomic mass is 9.94. The second-order valence-electron chi connectivity index (χ2n) is 13.7. The fourth-order valence-corrected chi connectivity index (χ4v) is 10.1. The molecule has 0 unspecified atom stereocenters. The molecule has 56 heavy (non-hydrogen) atoms. The van der Waals surface area contributed by atoms with Gasteiger partial charge in [-0.1, -0.05) is 127 Å². The molecule has 4 heterocycles. The van der Waals surface area contributed by atoms with Crippen LogP contribution in [0.2, 0.25) is 0 Å². The Morgan fingerprint density at radius 3 is 1.29 bits per heavy atom. The Morgan fingerprint density at radius 1 is 0.304 bits per heavy atom. The summed E-state index contributed by atoms with van der Waals surface area (Å²) in [6.07, 6.45) is 3.51. The van der Waals surface area contributed by atoms with Gasteiger partial charge in [-0.05, 0) is 58.7 Å². The molecule has 0 spiro atoms. The Balaban J connectivity index is 1.15. The molecule has 11 aromatic rings.